The van der Waals surface area contributed by atoms with Gasteiger partial charge in [0.1, 0.15) is 0 Å². The zero-order valence-corrected chi connectivity index (χ0v) is 9.90. The molecule has 0 atom stereocenters. The summed E-state index contributed by atoms with van der Waals surface area (Å²) in [5.74, 6) is 0. The SMILES string of the molecule is C1CN2CCN1CC2.[O]=[Re](=[O])(=[O])[OH]. The van der Waals surface area contributed by atoms with Gasteiger partial charge in [-0.3, -0.25) is 9.80 Å². The van der Waals surface area contributed by atoms with Gasteiger partial charge in [0.05, 0.1) is 0 Å². The summed E-state index contributed by atoms with van der Waals surface area (Å²) in [4.78, 5) is 5.08. The third kappa shape index (κ3) is 5.29. The van der Waals surface area contributed by atoms with Crippen molar-refractivity contribution < 1.29 is 30.0 Å². The first-order valence-corrected chi connectivity index (χ1v) is 8.57. The molecule has 0 aliphatic carbocycles. The van der Waals surface area contributed by atoms with E-state index in [0.29, 0.717) is 0 Å². The number of nitrogens with zero attached hydrogens (tertiary/aromatic N) is 2. The van der Waals surface area contributed by atoms with Crippen LogP contribution in [-0.2, 0) is 26.2 Å². The molecule has 0 aromatic rings. The van der Waals surface area contributed by atoms with Gasteiger partial charge in [0.25, 0.3) is 0 Å². The maximum atomic E-state index is 8.75. The van der Waals surface area contributed by atoms with E-state index in [4.69, 9.17) is 14.2 Å². The van der Waals surface area contributed by atoms with Crippen molar-refractivity contribution in [2.75, 3.05) is 39.3 Å². The van der Waals surface area contributed by atoms with E-state index < -0.39 is 15.8 Å². The molecule has 3 heterocycles. The first kappa shape index (κ1) is 11.0. The van der Waals surface area contributed by atoms with Gasteiger partial charge in [-0.25, -0.2) is 0 Å². The number of hydrogen-bond donors (Lipinski definition) is 1. The van der Waals surface area contributed by atoms with E-state index in [9.17, 15) is 0 Å². The molecular formula is C6H13N2O4Re. The van der Waals surface area contributed by atoms with Crippen molar-refractivity contribution in [1.29, 1.82) is 0 Å². The van der Waals surface area contributed by atoms with Crippen LogP contribution >= 0.6 is 0 Å². The van der Waals surface area contributed by atoms with Crippen LogP contribution in [0.25, 0.3) is 0 Å². The molecule has 6 nitrogen and oxygen atoms in total. The Kier molecular flexibility index (Phi) is 3.77. The molecule has 3 saturated heterocycles. The molecule has 0 amide bonds. The monoisotopic (exact) mass is 364 g/mol. The zero-order chi connectivity index (χ0) is 9.90. The summed E-state index contributed by atoms with van der Waals surface area (Å²) in [6, 6.07) is 0. The van der Waals surface area contributed by atoms with Crippen LogP contribution in [0.15, 0.2) is 0 Å². The van der Waals surface area contributed by atoms with E-state index in [-0.39, 0.29) is 0 Å². The molecule has 13 heavy (non-hydrogen) atoms. The van der Waals surface area contributed by atoms with E-state index in [2.05, 4.69) is 9.80 Å². The number of rotatable bonds is 0. The predicted octanol–water partition coefficient (Wildman–Crippen LogP) is -1.30. The number of hydrogen-bond acceptors (Lipinski definition) is 5. The van der Waals surface area contributed by atoms with Crippen molar-refractivity contribution in [2.45, 2.75) is 0 Å². The molecule has 1 N–H and O–H groups in total. The average molecular weight is 363 g/mol. The van der Waals surface area contributed by atoms with Crippen LogP contribution in [0.3, 0.4) is 0 Å². The third-order valence-electron chi connectivity index (χ3n) is 2.20. The zero-order valence-electron chi connectivity index (χ0n) is 7.19. The van der Waals surface area contributed by atoms with Gasteiger partial charge >= 0.3 is 30.0 Å². The maximum absolute atomic E-state index is 8.75. The van der Waals surface area contributed by atoms with Gasteiger partial charge in [-0.2, -0.15) is 0 Å². The second-order valence-corrected chi connectivity index (χ2v) is 5.92. The van der Waals surface area contributed by atoms with E-state index in [1.54, 1.807) is 0 Å². The molecule has 3 aliphatic rings. The Morgan fingerprint density at radius 2 is 0.923 bits per heavy atom. The fraction of sp³-hybridized carbons (Fsp3) is 1.00. The van der Waals surface area contributed by atoms with E-state index in [1.165, 1.54) is 39.3 Å². The molecule has 3 rings (SSSR count). The fourth-order valence-corrected chi connectivity index (χ4v) is 1.52. The van der Waals surface area contributed by atoms with Crippen molar-refractivity contribution in [3.63, 3.8) is 0 Å². The van der Waals surface area contributed by atoms with Crippen LogP contribution in [0, 0.1) is 0 Å². The van der Waals surface area contributed by atoms with Crippen molar-refractivity contribution in [2.24, 2.45) is 0 Å². The Morgan fingerprint density at radius 3 is 1.00 bits per heavy atom. The van der Waals surface area contributed by atoms with Crippen LogP contribution < -0.4 is 0 Å². The summed E-state index contributed by atoms with van der Waals surface area (Å²) < 4.78 is 33.3. The second kappa shape index (κ2) is 4.44. The van der Waals surface area contributed by atoms with Crippen LogP contribution in [0.2, 0.25) is 0 Å². The van der Waals surface area contributed by atoms with Gasteiger partial charge in [-0.05, 0) is 0 Å². The Hall–Kier alpha value is -0.0577. The molecule has 3 aliphatic heterocycles. The molecule has 3 fully saturated rings. The van der Waals surface area contributed by atoms with Crippen molar-refractivity contribution in [3.05, 3.63) is 0 Å². The normalized spacial score (nSPS) is 32.1. The number of piperazine rings is 3. The fourth-order valence-electron chi connectivity index (χ4n) is 1.52. The van der Waals surface area contributed by atoms with Crippen molar-refractivity contribution in [1.82, 2.24) is 9.80 Å². The Morgan fingerprint density at radius 1 is 0.769 bits per heavy atom. The number of fused-ring (bicyclic) bond motifs is 3. The Balaban J connectivity index is 0.000000149. The van der Waals surface area contributed by atoms with Gasteiger partial charge in [-0.1, -0.05) is 0 Å². The minimum atomic E-state index is -5.86. The molecule has 7 heteroatoms. The van der Waals surface area contributed by atoms with E-state index in [0.717, 1.165) is 0 Å². The first-order chi connectivity index (χ1) is 5.95. The summed E-state index contributed by atoms with van der Waals surface area (Å²) in [5, 5.41) is 0. The summed E-state index contributed by atoms with van der Waals surface area (Å²) in [6.07, 6.45) is 0. The van der Waals surface area contributed by atoms with Crippen LogP contribution in [0.1, 0.15) is 0 Å². The standard InChI is InChI=1S/C6H12N2.H2O.3O.Re/c1-2-8-5-3-7(1)4-6-8;;;;;/h1-6H2;1H2;;;;/q;;;;;+1/p-1. The van der Waals surface area contributed by atoms with Crippen LogP contribution in [0.5, 0.6) is 0 Å². The molecule has 2 bridgehead atoms. The molecule has 0 radical (unpaired) electrons. The first-order valence-electron chi connectivity index (χ1n) is 4.03. The van der Waals surface area contributed by atoms with Crippen LogP contribution in [0.4, 0.5) is 0 Å². The van der Waals surface area contributed by atoms with Crippen molar-refractivity contribution in [3.8, 4) is 0 Å². The van der Waals surface area contributed by atoms with Crippen molar-refractivity contribution >= 4 is 0 Å². The molecule has 0 spiro atoms. The summed E-state index contributed by atoms with van der Waals surface area (Å²) in [6.45, 7) is 7.92. The molecule has 0 aromatic carbocycles. The van der Waals surface area contributed by atoms with E-state index in [1.807, 2.05) is 0 Å². The quantitative estimate of drug-likeness (QED) is 0.577. The average Bonchev–Trinajstić information content (AvgIpc) is 2.05. The predicted molar refractivity (Wildman–Crippen MR) is 37.2 cm³/mol. The topological polar surface area (TPSA) is 77.9 Å². The van der Waals surface area contributed by atoms with Gasteiger partial charge in [-0.15, -0.1) is 0 Å². The molecule has 78 valence electrons. The third-order valence-corrected chi connectivity index (χ3v) is 2.20. The van der Waals surface area contributed by atoms with E-state index >= 15 is 0 Å². The Labute approximate surface area is 79.5 Å². The summed E-state index contributed by atoms with van der Waals surface area (Å²) in [5.41, 5.74) is 0. The van der Waals surface area contributed by atoms with Gasteiger partial charge in [0, 0.05) is 39.3 Å². The summed E-state index contributed by atoms with van der Waals surface area (Å²) in [7, 11) is 0. The molecule has 0 unspecified atom stereocenters. The van der Waals surface area contributed by atoms with Gasteiger partial charge in [0.2, 0.25) is 0 Å². The molecule has 0 aromatic heterocycles. The van der Waals surface area contributed by atoms with Gasteiger partial charge in [0.15, 0.2) is 0 Å². The second-order valence-electron chi connectivity index (χ2n) is 3.08. The molecular weight excluding hydrogens is 350 g/mol. The molecule has 0 saturated carbocycles. The Bertz CT molecular complexity index is 261. The summed E-state index contributed by atoms with van der Waals surface area (Å²) >= 11 is -5.86. The van der Waals surface area contributed by atoms with Gasteiger partial charge < -0.3 is 0 Å². The minimum absolute atomic E-state index is 1.32. The van der Waals surface area contributed by atoms with Crippen LogP contribution in [-0.4, -0.2) is 52.9 Å².